The van der Waals surface area contributed by atoms with E-state index in [1.807, 2.05) is 53.6 Å². The third-order valence-corrected chi connectivity index (χ3v) is 8.33. The van der Waals surface area contributed by atoms with Gasteiger partial charge in [0.15, 0.2) is 11.6 Å². The highest BCUT2D eigenvalue weighted by Crippen LogP contribution is 2.36. The van der Waals surface area contributed by atoms with Gasteiger partial charge in [-0.25, -0.2) is 19.8 Å². The normalized spacial score (nSPS) is 17.5. The molecular weight excluding hydrogens is 636 g/mol. The lowest BCUT2D eigenvalue weighted by Gasteiger charge is -2.36. The summed E-state index contributed by atoms with van der Waals surface area (Å²) in [6.07, 6.45) is 4.66. The van der Waals surface area contributed by atoms with E-state index in [1.54, 1.807) is 23.4 Å². The predicted octanol–water partition coefficient (Wildman–Crippen LogP) is 4.84. The number of pyridine rings is 2. The Bertz CT molecular complexity index is 1360. The van der Waals surface area contributed by atoms with Crippen molar-refractivity contribution in [3.63, 3.8) is 0 Å². The zero-order valence-corrected chi connectivity index (χ0v) is 28.3. The topological polar surface area (TPSA) is 125 Å². The van der Waals surface area contributed by atoms with Crippen LogP contribution in [-0.2, 0) is 4.74 Å². The molecule has 0 aromatic carbocycles. The Morgan fingerprint density at radius 1 is 1.21 bits per heavy atom. The lowest BCUT2D eigenvalue weighted by molar-refractivity contribution is 0.0143. The molecule has 0 saturated carbocycles. The van der Waals surface area contributed by atoms with Crippen molar-refractivity contribution in [2.75, 3.05) is 46.8 Å². The first-order valence-corrected chi connectivity index (χ1v) is 15.9. The van der Waals surface area contributed by atoms with Crippen molar-refractivity contribution in [3.05, 3.63) is 39.8 Å². The van der Waals surface area contributed by atoms with Crippen molar-refractivity contribution in [3.8, 4) is 11.5 Å². The number of hydrogen-bond donors (Lipinski definition) is 2. The molecule has 0 unspecified atom stereocenters. The minimum absolute atomic E-state index is 0.191. The number of likely N-dealkylation sites (N-methyl/N-ethyl adjacent to an activating group) is 1. The SMILES string of the molecule is Cc1ncc(C(=O)NCCN(C)C)c(C)c1Oc1cc(N=C2CN(C3CCN(C(=O)OC(C)(C)C)CC3)NS2)ncc1Br. The molecule has 2 aliphatic heterocycles. The second kappa shape index (κ2) is 14.3. The molecule has 2 amide bonds. The van der Waals surface area contributed by atoms with Crippen molar-refractivity contribution in [1.82, 2.24) is 34.9 Å². The fourth-order valence-electron chi connectivity index (χ4n) is 4.64. The molecule has 2 saturated heterocycles. The molecule has 2 aliphatic rings. The number of nitrogens with zero attached hydrogens (tertiary/aromatic N) is 6. The van der Waals surface area contributed by atoms with Gasteiger partial charge in [-0.1, -0.05) is 0 Å². The summed E-state index contributed by atoms with van der Waals surface area (Å²) in [5, 5.41) is 5.98. The molecule has 0 radical (unpaired) electrons. The molecule has 2 aromatic rings. The van der Waals surface area contributed by atoms with E-state index >= 15 is 0 Å². The van der Waals surface area contributed by atoms with Gasteiger partial charge in [-0.3, -0.25) is 9.78 Å². The van der Waals surface area contributed by atoms with Crippen LogP contribution in [0.4, 0.5) is 10.6 Å². The first-order chi connectivity index (χ1) is 20.3. The Hall–Kier alpha value is -2.78. The van der Waals surface area contributed by atoms with Gasteiger partial charge in [0.2, 0.25) is 0 Å². The number of aliphatic imine (C=N–C) groups is 1. The maximum atomic E-state index is 12.8. The zero-order valence-electron chi connectivity index (χ0n) is 25.9. The smallest absolute Gasteiger partial charge is 0.410 e. The number of hydrogen-bond acceptors (Lipinski definition) is 11. The van der Waals surface area contributed by atoms with Crippen molar-refractivity contribution in [2.24, 2.45) is 4.99 Å². The van der Waals surface area contributed by atoms with Gasteiger partial charge < -0.3 is 24.6 Å². The maximum Gasteiger partial charge on any atom is 0.410 e. The van der Waals surface area contributed by atoms with Gasteiger partial charge in [0, 0.05) is 56.2 Å². The number of nitrogens with one attached hydrogen (secondary N) is 2. The summed E-state index contributed by atoms with van der Waals surface area (Å²) in [5.41, 5.74) is 1.34. The molecule has 4 rings (SSSR count). The number of aromatic nitrogens is 2. The van der Waals surface area contributed by atoms with Gasteiger partial charge in [-0.15, -0.1) is 0 Å². The van der Waals surface area contributed by atoms with Crippen LogP contribution in [0.3, 0.4) is 0 Å². The number of carbonyl (C=O) groups is 2. The number of rotatable bonds is 8. The van der Waals surface area contributed by atoms with Crippen molar-refractivity contribution < 1.29 is 19.1 Å². The number of halogens is 1. The van der Waals surface area contributed by atoms with Gasteiger partial charge in [-0.2, -0.15) is 4.83 Å². The second-order valence-corrected chi connectivity index (χ2v) is 13.6. The maximum absolute atomic E-state index is 12.8. The largest absolute Gasteiger partial charge is 0.454 e. The van der Waals surface area contributed by atoms with Gasteiger partial charge in [0.1, 0.15) is 16.4 Å². The van der Waals surface area contributed by atoms with E-state index in [0.717, 1.165) is 24.4 Å². The third kappa shape index (κ3) is 9.11. The summed E-state index contributed by atoms with van der Waals surface area (Å²) in [4.78, 5) is 46.0. The summed E-state index contributed by atoms with van der Waals surface area (Å²) < 4.78 is 12.5. The highest BCUT2D eigenvalue weighted by atomic mass is 79.9. The molecule has 14 heteroatoms. The van der Waals surface area contributed by atoms with E-state index in [4.69, 9.17) is 14.5 Å². The van der Waals surface area contributed by atoms with Crippen LogP contribution in [0, 0.1) is 13.8 Å². The Labute approximate surface area is 266 Å². The standard InChI is InChI=1S/C29H41BrN8O4S/c1-18-21(27(39)31-10-13-36(6)7)15-32-19(2)26(18)41-23-14-24(33-16-22(23)30)34-25-17-38(35-43-25)20-8-11-37(12-9-20)28(40)42-29(3,4)5/h14-16,20,35H,8-13,17H2,1-7H3,(H,31,39). The average molecular weight is 678 g/mol. The highest BCUT2D eigenvalue weighted by molar-refractivity contribution is 9.10. The first-order valence-electron chi connectivity index (χ1n) is 14.3. The number of piperidine rings is 1. The summed E-state index contributed by atoms with van der Waals surface area (Å²) in [6, 6.07) is 2.05. The monoisotopic (exact) mass is 676 g/mol. The molecule has 2 N–H and O–H groups in total. The molecule has 0 atom stereocenters. The fraction of sp³-hybridized carbons (Fsp3) is 0.552. The number of carbonyl (C=O) groups excluding carboxylic acids is 2. The molecule has 0 spiro atoms. The third-order valence-electron chi connectivity index (χ3n) is 6.95. The average Bonchev–Trinajstić information content (AvgIpc) is 3.40. The Kier molecular flexibility index (Phi) is 11.0. The lowest BCUT2D eigenvalue weighted by Crippen LogP contribution is -2.49. The van der Waals surface area contributed by atoms with Crippen molar-refractivity contribution in [1.29, 1.82) is 0 Å². The highest BCUT2D eigenvalue weighted by Gasteiger charge is 2.32. The van der Waals surface area contributed by atoms with Crippen molar-refractivity contribution >= 4 is 50.7 Å². The number of likely N-dealkylation sites (tertiary alicyclic amines) is 1. The molecule has 4 heterocycles. The van der Waals surface area contributed by atoms with E-state index < -0.39 is 5.60 Å². The molecule has 12 nitrogen and oxygen atoms in total. The Balaban J connectivity index is 1.40. The molecule has 2 fully saturated rings. The van der Waals surface area contributed by atoms with E-state index in [1.165, 1.54) is 11.9 Å². The number of aryl methyl sites for hydroxylation is 1. The van der Waals surface area contributed by atoms with Crippen LogP contribution in [0.25, 0.3) is 0 Å². The molecule has 43 heavy (non-hydrogen) atoms. The summed E-state index contributed by atoms with van der Waals surface area (Å²) >= 11 is 4.99. The lowest BCUT2D eigenvalue weighted by atomic mass is 10.0. The minimum Gasteiger partial charge on any atom is -0.454 e. The zero-order chi connectivity index (χ0) is 31.3. The summed E-state index contributed by atoms with van der Waals surface area (Å²) in [5.74, 6) is 1.36. The van der Waals surface area contributed by atoms with E-state index in [9.17, 15) is 9.59 Å². The minimum atomic E-state index is -0.501. The summed E-state index contributed by atoms with van der Waals surface area (Å²) in [7, 11) is 3.92. The van der Waals surface area contributed by atoms with E-state index in [0.29, 0.717) is 64.8 Å². The molecular formula is C29H41BrN8O4S. The first kappa shape index (κ1) is 33.1. The summed E-state index contributed by atoms with van der Waals surface area (Å²) in [6.45, 7) is 12.5. The van der Waals surface area contributed by atoms with Gasteiger partial charge in [-0.05, 0) is 89.4 Å². The second-order valence-electron chi connectivity index (χ2n) is 11.9. The van der Waals surface area contributed by atoms with Crippen LogP contribution in [-0.4, -0.2) is 100 Å². The molecule has 0 aliphatic carbocycles. The van der Waals surface area contributed by atoms with Crippen LogP contribution in [0.2, 0.25) is 0 Å². The number of ether oxygens (including phenoxy) is 2. The van der Waals surface area contributed by atoms with Crippen molar-refractivity contribution in [2.45, 2.75) is 59.1 Å². The van der Waals surface area contributed by atoms with Crippen LogP contribution in [0.1, 0.15) is 55.2 Å². The molecule has 0 bridgehead atoms. The quantitative estimate of drug-likeness (QED) is 0.376. The van der Waals surface area contributed by atoms with Crippen LogP contribution >= 0.6 is 27.9 Å². The van der Waals surface area contributed by atoms with Crippen LogP contribution < -0.4 is 14.9 Å². The predicted molar refractivity (Wildman–Crippen MR) is 172 cm³/mol. The number of hydrazine groups is 1. The Morgan fingerprint density at radius 3 is 2.60 bits per heavy atom. The van der Waals surface area contributed by atoms with E-state index in [2.05, 4.69) is 41.1 Å². The number of amides is 2. The van der Waals surface area contributed by atoms with Gasteiger partial charge in [0.25, 0.3) is 5.91 Å². The van der Waals surface area contributed by atoms with Gasteiger partial charge >= 0.3 is 6.09 Å². The van der Waals surface area contributed by atoms with Crippen LogP contribution in [0.5, 0.6) is 11.5 Å². The Morgan fingerprint density at radius 2 is 1.93 bits per heavy atom. The van der Waals surface area contributed by atoms with E-state index in [-0.39, 0.29) is 18.0 Å². The van der Waals surface area contributed by atoms with Crippen LogP contribution in [0.15, 0.2) is 27.9 Å². The fourth-order valence-corrected chi connectivity index (χ4v) is 5.71. The molecule has 2 aromatic heterocycles. The van der Waals surface area contributed by atoms with Gasteiger partial charge in [0.05, 0.1) is 22.3 Å². The molecule has 234 valence electrons.